The summed E-state index contributed by atoms with van der Waals surface area (Å²) >= 11 is 13.4. The highest BCUT2D eigenvalue weighted by molar-refractivity contribution is 7.09. The Hall–Kier alpha value is -1.10. The summed E-state index contributed by atoms with van der Waals surface area (Å²) in [4.78, 5) is 15.8. The van der Waals surface area contributed by atoms with Gasteiger partial charge in [-0.25, -0.2) is 4.98 Å². The van der Waals surface area contributed by atoms with Crippen molar-refractivity contribution in [1.82, 2.24) is 10.3 Å². The molecule has 1 aromatic carbocycles. The van der Waals surface area contributed by atoms with Gasteiger partial charge < -0.3 is 5.32 Å². The molecule has 1 aromatic heterocycles. The lowest BCUT2D eigenvalue weighted by atomic mass is 10.1. The number of carbonyl (C=O) groups excluding carboxylic acids is 1. The van der Waals surface area contributed by atoms with Gasteiger partial charge in [0.15, 0.2) is 0 Å². The predicted molar refractivity (Wildman–Crippen MR) is 74.1 cm³/mol. The molecule has 0 aliphatic heterocycles. The van der Waals surface area contributed by atoms with Crippen LogP contribution in [0.25, 0.3) is 0 Å². The van der Waals surface area contributed by atoms with Gasteiger partial charge in [0.25, 0.3) is 0 Å². The fourth-order valence-electron chi connectivity index (χ4n) is 1.43. The maximum Gasteiger partial charge on any atom is 0.224 e. The summed E-state index contributed by atoms with van der Waals surface area (Å²) in [6, 6.07) is 5.08. The van der Waals surface area contributed by atoms with Crippen molar-refractivity contribution in [3.63, 3.8) is 0 Å². The molecule has 2 aromatic rings. The third kappa shape index (κ3) is 3.70. The monoisotopic (exact) mass is 300 g/mol. The molecule has 0 radical (unpaired) electrons. The third-order valence-electron chi connectivity index (χ3n) is 2.28. The van der Waals surface area contributed by atoms with E-state index in [1.54, 1.807) is 24.4 Å². The van der Waals surface area contributed by atoms with Gasteiger partial charge in [-0.3, -0.25) is 4.79 Å². The number of rotatable bonds is 4. The SMILES string of the molecule is O=C(Cc1cc(Cl)ccc1Cl)NCc1nccs1. The summed E-state index contributed by atoms with van der Waals surface area (Å²) in [5.74, 6) is -0.102. The maximum atomic E-state index is 11.7. The van der Waals surface area contributed by atoms with E-state index in [0.29, 0.717) is 16.6 Å². The minimum atomic E-state index is -0.102. The number of nitrogens with zero attached hydrogens (tertiary/aromatic N) is 1. The summed E-state index contributed by atoms with van der Waals surface area (Å²) in [6.07, 6.45) is 1.92. The first-order valence-corrected chi connectivity index (χ1v) is 6.87. The first-order chi connectivity index (χ1) is 8.65. The van der Waals surface area contributed by atoms with Crippen molar-refractivity contribution >= 4 is 40.4 Å². The normalized spacial score (nSPS) is 10.3. The van der Waals surface area contributed by atoms with Gasteiger partial charge in [0.2, 0.25) is 5.91 Å². The van der Waals surface area contributed by atoms with Crippen LogP contribution >= 0.6 is 34.5 Å². The zero-order valence-electron chi connectivity index (χ0n) is 9.32. The Bertz CT molecular complexity index is 543. The van der Waals surface area contributed by atoms with Gasteiger partial charge in [0, 0.05) is 21.6 Å². The van der Waals surface area contributed by atoms with E-state index in [0.717, 1.165) is 10.6 Å². The molecule has 1 N–H and O–H groups in total. The van der Waals surface area contributed by atoms with Crippen molar-refractivity contribution < 1.29 is 4.79 Å². The van der Waals surface area contributed by atoms with Gasteiger partial charge in [0.05, 0.1) is 13.0 Å². The fraction of sp³-hybridized carbons (Fsp3) is 0.167. The zero-order valence-corrected chi connectivity index (χ0v) is 11.6. The highest BCUT2D eigenvalue weighted by Crippen LogP contribution is 2.21. The quantitative estimate of drug-likeness (QED) is 0.941. The Kier molecular flexibility index (Phi) is 4.58. The van der Waals surface area contributed by atoms with E-state index in [1.165, 1.54) is 11.3 Å². The Morgan fingerprint density at radius 2 is 2.22 bits per heavy atom. The molecule has 18 heavy (non-hydrogen) atoms. The first kappa shape index (κ1) is 13.3. The molecule has 0 spiro atoms. The molecule has 0 aliphatic rings. The predicted octanol–water partition coefficient (Wildman–Crippen LogP) is 3.31. The van der Waals surface area contributed by atoms with E-state index in [9.17, 15) is 4.79 Å². The highest BCUT2D eigenvalue weighted by Gasteiger charge is 2.08. The van der Waals surface area contributed by atoms with E-state index in [2.05, 4.69) is 10.3 Å². The minimum absolute atomic E-state index is 0.102. The van der Waals surface area contributed by atoms with Gasteiger partial charge in [-0.2, -0.15) is 0 Å². The van der Waals surface area contributed by atoms with Crippen LogP contribution in [-0.4, -0.2) is 10.9 Å². The Morgan fingerprint density at radius 1 is 1.39 bits per heavy atom. The largest absolute Gasteiger partial charge is 0.349 e. The fourth-order valence-corrected chi connectivity index (χ4v) is 2.36. The van der Waals surface area contributed by atoms with Crippen LogP contribution in [0.3, 0.4) is 0 Å². The van der Waals surface area contributed by atoms with Crippen molar-refractivity contribution in [2.24, 2.45) is 0 Å². The van der Waals surface area contributed by atoms with Crippen LogP contribution in [0.1, 0.15) is 10.6 Å². The minimum Gasteiger partial charge on any atom is -0.349 e. The molecule has 94 valence electrons. The topological polar surface area (TPSA) is 42.0 Å². The number of halogens is 2. The van der Waals surface area contributed by atoms with Gasteiger partial charge >= 0.3 is 0 Å². The zero-order chi connectivity index (χ0) is 13.0. The second kappa shape index (κ2) is 6.18. The second-order valence-electron chi connectivity index (χ2n) is 3.62. The number of thiazole rings is 1. The summed E-state index contributed by atoms with van der Waals surface area (Å²) in [6.45, 7) is 0.439. The van der Waals surface area contributed by atoms with Crippen molar-refractivity contribution in [2.45, 2.75) is 13.0 Å². The molecule has 1 amide bonds. The van der Waals surface area contributed by atoms with E-state index < -0.39 is 0 Å². The molecular formula is C12H10Cl2N2OS. The number of hydrogen-bond donors (Lipinski definition) is 1. The molecule has 0 unspecified atom stereocenters. The summed E-state index contributed by atoms with van der Waals surface area (Å²) in [7, 11) is 0. The highest BCUT2D eigenvalue weighted by atomic mass is 35.5. The Morgan fingerprint density at radius 3 is 2.94 bits per heavy atom. The molecule has 0 bridgehead atoms. The molecule has 0 aliphatic carbocycles. The summed E-state index contributed by atoms with van der Waals surface area (Å²) in [5.41, 5.74) is 0.723. The van der Waals surface area contributed by atoms with Crippen LogP contribution < -0.4 is 5.32 Å². The molecule has 0 saturated heterocycles. The van der Waals surface area contributed by atoms with Gasteiger partial charge in [-0.05, 0) is 23.8 Å². The van der Waals surface area contributed by atoms with Gasteiger partial charge in [-0.15, -0.1) is 11.3 Å². The van der Waals surface area contributed by atoms with E-state index in [-0.39, 0.29) is 12.3 Å². The van der Waals surface area contributed by atoms with Gasteiger partial charge in [0.1, 0.15) is 5.01 Å². The van der Waals surface area contributed by atoms with Crippen molar-refractivity contribution in [3.8, 4) is 0 Å². The molecule has 0 saturated carbocycles. The second-order valence-corrected chi connectivity index (χ2v) is 5.44. The number of aromatic nitrogens is 1. The lowest BCUT2D eigenvalue weighted by Crippen LogP contribution is -2.24. The molecule has 2 rings (SSSR count). The van der Waals surface area contributed by atoms with Crippen molar-refractivity contribution in [1.29, 1.82) is 0 Å². The van der Waals surface area contributed by atoms with Crippen LogP contribution in [-0.2, 0) is 17.8 Å². The first-order valence-electron chi connectivity index (χ1n) is 5.24. The molecule has 6 heteroatoms. The lowest BCUT2D eigenvalue weighted by molar-refractivity contribution is -0.120. The summed E-state index contributed by atoms with van der Waals surface area (Å²) in [5, 5.41) is 6.65. The maximum absolute atomic E-state index is 11.7. The molecule has 0 fully saturated rings. The number of carbonyl (C=O) groups is 1. The van der Waals surface area contributed by atoms with E-state index >= 15 is 0 Å². The van der Waals surface area contributed by atoms with E-state index in [4.69, 9.17) is 23.2 Å². The number of amides is 1. The lowest BCUT2D eigenvalue weighted by Gasteiger charge is -2.05. The third-order valence-corrected chi connectivity index (χ3v) is 3.66. The molecular weight excluding hydrogens is 291 g/mol. The number of nitrogens with one attached hydrogen (secondary N) is 1. The Labute approximate surface area is 119 Å². The van der Waals surface area contributed by atoms with Crippen molar-refractivity contribution in [2.75, 3.05) is 0 Å². The van der Waals surface area contributed by atoms with Crippen molar-refractivity contribution in [3.05, 3.63) is 50.4 Å². The number of benzene rings is 1. The standard InChI is InChI=1S/C12H10Cl2N2OS/c13-9-1-2-10(14)8(5-9)6-11(17)16-7-12-15-3-4-18-12/h1-5H,6-7H2,(H,16,17). The summed E-state index contributed by atoms with van der Waals surface area (Å²) < 4.78 is 0. The van der Waals surface area contributed by atoms with Crippen LogP contribution in [0.2, 0.25) is 10.0 Å². The van der Waals surface area contributed by atoms with Crippen LogP contribution in [0.15, 0.2) is 29.8 Å². The Balaban J connectivity index is 1.92. The van der Waals surface area contributed by atoms with Crippen LogP contribution in [0, 0.1) is 0 Å². The molecule has 0 atom stereocenters. The van der Waals surface area contributed by atoms with Crippen LogP contribution in [0.5, 0.6) is 0 Å². The van der Waals surface area contributed by atoms with Gasteiger partial charge in [-0.1, -0.05) is 23.2 Å². The number of hydrogen-bond acceptors (Lipinski definition) is 3. The average molecular weight is 301 g/mol. The van der Waals surface area contributed by atoms with E-state index in [1.807, 2.05) is 5.38 Å². The molecule has 3 nitrogen and oxygen atoms in total. The average Bonchev–Trinajstić information content (AvgIpc) is 2.84. The smallest absolute Gasteiger partial charge is 0.224 e. The molecule has 1 heterocycles. The van der Waals surface area contributed by atoms with Crippen LogP contribution in [0.4, 0.5) is 0 Å².